The van der Waals surface area contributed by atoms with Gasteiger partial charge in [0.05, 0.1) is 17.3 Å². The summed E-state index contributed by atoms with van der Waals surface area (Å²) in [6.45, 7) is 0.0868. The highest BCUT2D eigenvalue weighted by Crippen LogP contribution is 2.43. The van der Waals surface area contributed by atoms with E-state index in [9.17, 15) is 4.39 Å². The van der Waals surface area contributed by atoms with Crippen LogP contribution in [-0.4, -0.2) is 17.0 Å². The van der Waals surface area contributed by atoms with E-state index in [-0.39, 0.29) is 12.4 Å². The van der Waals surface area contributed by atoms with Gasteiger partial charge in [-0.1, -0.05) is 0 Å². The van der Waals surface area contributed by atoms with Gasteiger partial charge in [0, 0.05) is 0 Å². The van der Waals surface area contributed by atoms with Crippen LogP contribution in [0.5, 0.6) is 11.5 Å². The van der Waals surface area contributed by atoms with Gasteiger partial charge in [0.15, 0.2) is 11.5 Å². The van der Waals surface area contributed by atoms with Gasteiger partial charge in [-0.3, -0.25) is 5.10 Å². The second-order valence-corrected chi connectivity index (χ2v) is 3.35. The summed E-state index contributed by atoms with van der Waals surface area (Å²) >= 11 is 0. The zero-order chi connectivity index (χ0) is 11.1. The number of nitrogens with two attached hydrogens (primary N) is 1. The van der Waals surface area contributed by atoms with Gasteiger partial charge in [0.2, 0.25) is 6.79 Å². The van der Waals surface area contributed by atoms with E-state index in [0.717, 1.165) is 0 Å². The van der Waals surface area contributed by atoms with Crippen LogP contribution in [0.15, 0.2) is 18.3 Å². The van der Waals surface area contributed by atoms with Crippen LogP contribution in [0.1, 0.15) is 0 Å². The van der Waals surface area contributed by atoms with E-state index in [1.807, 2.05) is 0 Å². The van der Waals surface area contributed by atoms with Crippen molar-refractivity contribution in [3.8, 4) is 22.6 Å². The zero-order valence-electron chi connectivity index (χ0n) is 8.16. The SMILES string of the molecule is Nc1[nH]ncc1-c1c(F)ccc2c1OCO2. The van der Waals surface area contributed by atoms with Crippen molar-refractivity contribution in [1.82, 2.24) is 10.2 Å². The summed E-state index contributed by atoms with van der Waals surface area (Å²) in [6, 6.07) is 2.84. The minimum absolute atomic E-state index is 0.0868. The molecule has 1 aliphatic heterocycles. The summed E-state index contributed by atoms with van der Waals surface area (Å²) in [6.07, 6.45) is 1.45. The topological polar surface area (TPSA) is 73.2 Å². The lowest BCUT2D eigenvalue weighted by molar-refractivity contribution is 0.174. The Morgan fingerprint density at radius 3 is 3.00 bits per heavy atom. The van der Waals surface area contributed by atoms with Gasteiger partial charge in [-0.25, -0.2) is 4.39 Å². The van der Waals surface area contributed by atoms with Crippen LogP contribution < -0.4 is 15.2 Å². The fourth-order valence-electron chi connectivity index (χ4n) is 1.69. The third-order valence-corrected chi connectivity index (χ3v) is 2.43. The highest BCUT2D eigenvalue weighted by Gasteiger charge is 2.24. The van der Waals surface area contributed by atoms with Crippen molar-refractivity contribution in [3.63, 3.8) is 0 Å². The van der Waals surface area contributed by atoms with E-state index in [2.05, 4.69) is 10.2 Å². The van der Waals surface area contributed by atoms with Gasteiger partial charge in [-0.2, -0.15) is 5.10 Å². The molecule has 0 bridgehead atoms. The maximum absolute atomic E-state index is 13.8. The monoisotopic (exact) mass is 221 g/mol. The van der Waals surface area contributed by atoms with E-state index < -0.39 is 5.82 Å². The Bertz CT molecular complexity index is 553. The number of nitrogen functional groups attached to an aromatic ring is 1. The summed E-state index contributed by atoms with van der Waals surface area (Å²) in [5.41, 5.74) is 6.41. The zero-order valence-corrected chi connectivity index (χ0v) is 8.16. The van der Waals surface area contributed by atoms with Crippen molar-refractivity contribution in [2.24, 2.45) is 0 Å². The van der Waals surface area contributed by atoms with Gasteiger partial charge in [-0.15, -0.1) is 0 Å². The van der Waals surface area contributed by atoms with Gasteiger partial charge in [-0.05, 0) is 12.1 Å². The fourth-order valence-corrected chi connectivity index (χ4v) is 1.69. The maximum atomic E-state index is 13.8. The molecule has 0 saturated heterocycles. The van der Waals surface area contributed by atoms with Gasteiger partial charge < -0.3 is 15.2 Å². The number of ether oxygens (including phenoxy) is 2. The first-order valence-corrected chi connectivity index (χ1v) is 4.64. The molecule has 1 aromatic heterocycles. The van der Waals surface area contributed by atoms with Crippen LogP contribution in [0.2, 0.25) is 0 Å². The molecule has 3 rings (SSSR count). The number of aromatic amines is 1. The predicted octanol–water partition coefficient (Wildman–Crippen LogP) is 1.53. The van der Waals surface area contributed by atoms with Crippen LogP contribution in [-0.2, 0) is 0 Å². The molecule has 2 aromatic rings. The van der Waals surface area contributed by atoms with E-state index in [4.69, 9.17) is 15.2 Å². The first-order valence-electron chi connectivity index (χ1n) is 4.64. The lowest BCUT2D eigenvalue weighted by Gasteiger charge is -2.05. The number of nitrogens with one attached hydrogen (secondary N) is 1. The third-order valence-electron chi connectivity index (χ3n) is 2.43. The van der Waals surface area contributed by atoms with E-state index in [1.165, 1.54) is 18.3 Å². The van der Waals surface area contributed by atoms with Crippen LogP contribution in [0.4, 0.5) is 10.2 Å². The molecule has 0 radical (unpaired) electrons. The number of anilines is 1. The number of rotatable bonds is 1. The second-order valence-electron chi connectivity index (χ2n) is 3.35. The van der Waals surface area contributed by atoms with Crippen molar-refractivity contribution in [2.45, 2.75) is 0 Å². The highest BCUT2D eigenvalue weighted by atomic mass is 19.1. The van der Waals surface area contributed by atoms with Crippen LogP contribution in [0.25, 0.3) is 11.1 Å². The Balaban J connectivity index is 2.28. The molecular weight excluding hydrogens is 213 g/mol. The Kier molecular flexibility index (Phi) is 1.76. The quantitative estimate of drug-likeness (QED) is 0.765. The average molecular weight is 221 g/mol. The van der Waals surface area contributed by atoms with Gasteiger partial charge in [0.1, 0.15) is 11.6 Å². The van der Waals surface area contributed by atoms with Crippen molar-refractivity contribution < 1.29 is 13.9 Å². The first kappa shape index (κ1) is 9.02. The van der Waals surface area contributed by atoms with E-state index in [1.54, 1.807) is 0 Å². The molecule has 0 saturated carbocycles. The summed E-state index contributed by atoms with van der Waals surface area (Å²) in [4.78, 5) is 0. The third kappa shape index (κ3) is 1.13. The summed E-state index contributed by atoms with van der Waals surface area (Å²) in [5, 5.41) is 6.30. The second kappa shape index (κ2) is 3.13. The standard InChI is InChI=1S/C10H8FN3O2/c11-6-1-2-7-9(16-4-15-7)8(6)5-3-13-14-10(5)12/h1-3H,4H2,(H3,12,13,14). The van der Waals surface area contributed by atoms with Crippen molar-refractivity contribution in [3.05, 3.63) is 24.1 Å². The fraction of sp³-hybridized carbons (Fsp3) is 0.100. The molecule has 5 nitrogen and oxygen atoms in total. The Labute approximate surface area is 90.0 Å². The van der Waals surface area contributed by atoms with E-state index in [0.29, 0.717) is 22.9 Å². The molecule has 0 fully saturated rings. The van der Waals surface area contributed by atoms with Crippen LogP contribution >= 0.6 is 0 Å². The Hall–Kier alpha value is -2.24. The molecule has 1 aliphatic rings. The molecule has 0 atom stereocenters. The number of halogens is 1. The average Bonchev–Trinajstić information content (AvgIpc) is 2.87. The van der Waals surface area contributed by atoms with Crippen LogP contribution in [0, 0.1) is 5.82 Å². The normalized spacial score (nSPS) is 13.1. The largest absolute Gasteiger partial charge is 0.454 e. The molecule has 0 amide bonds. The number of benzene rings is 1. The number of nitrogens with zero attached hydrogens (tertiary/aromatic N) is 1. The van der Waals surface area contributed by atoms with Gasteiger partial charge in [0.25, 0.3) is 0 Å². The Morgan fingerprint density at radius 1 is 1.38 bits per heavy atom. The molecule has 6 heteroatoms. The maximum Gasteiger partial charge on any atom is 0.231 e. The molecule has 0 aliphatic carbocycles. The lowest BCUT2D eigenvalue weighted by Crippen LogP contribution is -1.95. The van der Waals surface area contributed by atoms with Crippen molar-refractivity contribution in [1.29, 1.82) is 0 Å². The summed E-state index contributed by atoms with van der Waals surface area (Å²) < 4.78 is 24.2. The molecule has 3 N–H and O–H groups in total. The molecule has 16 heavy (non-hydrogen) atoms. The van der Waals surface area contributed by atoms with E-state index >= 15 is 0 Å². The molecule has 2 heterocycles. The molecule has 0 spiro atoms. The number of fused-ring (bicyclic) bond motifs is 1. The smallest absolute Gasteiger partial charge is 0.231 e. The molecule has 0 unspecified atom stereocenters. The summed E-state index contributed by atoms with van der Waals surface area (Å²) in [5.74, 6) is 0.755. The van der Waals surface area contributed by atoms with Gasteiger partial charge >= 0.3 is 0 Å². The highest BCUT2D eigenvalue weighted by molar-refractivity contribution is 5.81. The first-order chi connectivity index (χ1) is 7.77. The summed E-state index contributed by atoms with van der Waals surface area (Å²) in [7, 11) is 0. The minimum Gasteiger partial charge on any atom is -0.454 e. The Morgan fingerprint density at radius 2 is 2.25 bits per heavy atom. The number of H-pyrrole nitrogens is 1. The number of hydrogen-bond donors (Lipinski definition) is 2. The van der Waals surface area contributed by atoms with Crippen molar-refractivity contribution >= 4 is 5.82 Å². The van der Waals surface area contributed by atoms with Crippen molar-refractivity contribution in [2.75, 3.05) is 12.5 Å². The predicted molar refractivity (Wildman–Crippen MR) is 54.5 cm³/mol. The molecule has 82 valence electrons. The minimum atomic E-state index is -0.419. The van der Waals surface area contributed by atoms with Crippen LogP contribution in [0.3, 0.4) is 0 Å². The number of hydrogen-bond acceptors (Lipinski definition) is 4. The lowest BCUT2D eigenvalue weighted by atomic mass is 10.1. The molecule has 1 aromatic carbocycles. The molecular formula is C10H8FN3O2. The number of aromatic nitrogens is 2.